The van der Waals surface area contributed by atoms with E-state index in [1.165, 1.54) is 12.1 Å². The minimum atomic E-state index is -4.17. The van der Waals surface area contributed by atoms with E-state index in [0.29, 0.717) is 17.0 Å². The number of ether oxygens (including phenoxy) is 1. The Labute approximate surface area is 206 Å². The van der Waals surface area contributed by atoms with Gasteiger partial charge in [0.05, 0.1) is 10.6 Å². The lowest BCUT2D eigenvalue weighted by Crippen LogP contribution is -2.44. The molecule has 35 heavy (non-hydrogen) atoms. The first-order valence-electron chi connectivity index (χ1n) is 11.3. The van der Waals surface area contributed by atoms with Gasteiger partial charge in [-0.3, -0.25) is 4.79 Å². The van der Waals surface area contributed by atoms with Gasteiger partial charge in [0, 0.05) is 0 Å². The van der Waals surface area contributed by atoms with E-state index in [4.69, 9.17) is 4.74 Å². The lowest BCUT2D eigenvalue weighted by molar-refractivity contribution is -0.123. The zero-order valence-electron chi connectivity index (χ0n) is 19.9. The monoisotopic (exact) mass is 485 g/mol. The molecule has 6 heteroatoms. The highest BCUT2D eigenvalue weighted by Crippen LogP contribution is 2.30. The molecule has 178 valence electrons. The minimum absolute atomic E-state index is 0.0358. The number of aryl methyl sites for hydroxylation is 1. The Kier molecular flexibility index (Phi) is 7.03. The Hall–Kier alpha value is -3.90. The SMILES string of the molecule is Cc1cccc(N(C(=O)C(C)Oc2ccc(-c3ccccc3)cc2)S(=O)(=O)c2ccccc2)c1C. The Morgan fingerprint density at radius 1 is 0.743 bits per heavy atom. The summed E-state index contributed by atoms with van der Waals surface area (Å²) in [4.78, 5) is 13.7. The lowest BCUT2D eigenvalue weighted by Gasteiger charge is -2.27. The Balaban J connectivity index is 1.66. The summed E-state index contributed by atoms with van der Waals surface area (Å²) < 4.78 is 34.1. The number of sulfonamides is 1. The predicted molar refractivity (Wildman–Crippen MR) is 139 cm³/mol. The average molecular weight is 486 g/mol. The summed E-state index contributed by atoms with van der Waals surface area (Å²) in [6.07, 6.45) is -1.05. The van der Waals surface area contributed by atoms with Gasteiger partial charge in [-0.05, 0) is 73.4 Å². The van der Waals surface area contributed by atoms with Crippen molar-refractivity contribution < 1.29 is 17.9 Å². The van der Waals surface area contributed by atoms with Crippen molar-refractivity contribution in [2.45, 2.75) is 31.8 Å². The third kappa shape index (κ3) is 5.12. The number of hydrogen-bond donors (Lipinski definition) is 0. The van der Waals surface area contributed by atoms with Crippen LogP contribution in [0.3, 0.4) is 0 Å². The largest absolute Gasteiger partial charge is 0.481 e. The van der Waals surface area contributed by atoms with E-state index in [9.17, 15) is 13.2 Å². The van der Waals surface area contributed by atoms with E-state index in [0.717, 1.165) is 21.0 Å². The van der Waals surface area contributed by atoms with E-state index in [2.05, 4.69) is 0 Å². The van der Waals surface area contributed by atoms with Gasteiger partial charge in [0.15, 0.2) is 6.10 Å². The molecule has 0 aliphatic heterocycles. The summed E-state index contributed by atoms with van der Waals surface area (Å²) in [5.74, 6) is -0.196. The third-order valence-electron chi connectivity index (χ3n) is 5.90. The molecule has 0 fully saturated rings. The molecular formula is C29H27NO4S. The number of carbonyl (C=O) groups is 1. The maximum atomic E-state index is 13.6. The molecule has 0 saturated carbocycles. The van der Waals surface area contributed by atoms with Crippen LogP contribution in [0.5, 0.6) is 5.75 Å². The van der Waals surface area contributed by atoms with Gasteiger partial charge in [0.2, 0.25) is 0 Å². The first kappa shape index (κ1) is 24.2. The molecule has 1 unspecified atom stereocenters. The molecular weight excluding hydrogens is 458 g/mol. The molecule has 0 aliphatic carbocycles. The Morgan fingerprint density at radius 3 is 1.94 bits per heavy atom. The standard InChI is InChI=1S/C29H27NO4S/c1-21-11-10-16-28(22(21)2)30(35(32,33)27-14-8-5-9-15-27)29(31)23(3)34-26-19-17-25(18-20-26)24-12-6-4-7-13-24/h4-20,23H,1-3H3. The number of rotatable bonds is 7. The maximum Gasteiger partial charge on any atom is 0.281 e. The number of nitrogens with zero attached hydrogens (tertiary/aromatic N) is 1. The summed E-state index contributed by atoms with van der Waals surface area (Å²) in [5.41, 5.74) is 3.99. The van der Waals surface area contributed by atoms with Crippen molar-refractivity contribution in [3.63, 3.8) is 0 Å². The minimum Gasteiger partial charge on any atom is -0.481 e. The van der Waals surface area contributed by atoms with Gasteiger partial charge in [-0.15, -0.1) is 0 Å². The van der Waals surface area contributed by atoms with Crippen molar-refractivity contribution in [2.24, 2.45) is 0 Å². The summed E-state index contributed by atoms with van der Waals surface area (Å²) in [5, 5.41) is 0. The van der Waals surface area contributed by atoms with E-state index in [1.807, 2.05) is 55.5 Å². The van der Waals surface area contributed by atoms with Crippen LogP contribution >= 0.6 is 0 Å². The highest BCUT2D eigenvalue weighted by atomic mass is 32.2. The number of hydrogen-bond acceptors (Lipinski definition) is 4. The van der Waals surface area contributed by atoms with Crippen molar-refractivity contribution in [3.05, 3.63) is 114 Å². The van der Waals surface area contributed by atoms with Gasteiger partial charge in [-0.1, -0.05) is 72.8 Å². The number of anilines is 1. The summed E-state index contributed by atoms with van der Waals surface area (Å²) in [6, 6.07) is 30.5. The van der Waals surface area contributed by atoms with Gasteiger partial charge in [0.1, 0.15) is 5.75 Å². The molecule has 4 aromatic rings. The summed E-state index contributed by atoms with van der Waals surface area (Å²) in [6.45, 7) is 5.25. The zero-order chi connectivity index (χ0) is 25.0. The molecule has 0 bridgehead atoms. The van der Waals surface area contributed by atoms with E-state index in [1.54, 1.807) is 56.3 Å². The summed E-state index contributed by atoms with van der Waals surface area (Å²) in [7, 11) is -4.17. The van der Waals surface area contributed by atoms with Crippen LogP contribution in [-0.4, -0.2) is 20.4 Å². The number of amides is 1. The normalized spacial score (nSPS) is 12.1. The van der Waals surface area contributed by atoms with Gasteiger partial charge < -0.3 is 4.74 Å². The molecule has 0 radical (unpaired) electrons. The van der Waals surface area contributed by atoms with Crippen molar-refractivity contribution in [1.29, 1.82) is 0 Å². The molecule has 4 aromatic carbocycles. The molecule has 0 saturated heterocycles. The van der Waals surface area contributed by atoms with Crippen molar-refractivity contribution in [2.75, 3.05) is 4.31 Å². The second kappa shape index (κ2) is 10.2. The fourth-order valence-corrected chi connectivity index (χ4v) is 5.35. The second-order valence-electron chi connectivity index (χ2n) is 8.29. The van der Waals surface area contributed by atoms with Crippen LogP contribution in [0.15, 0.2) is 108 Å². The quantitative estimate of drug-likeness (QED) is 0.314. The lowest BCUT2D eigenvalue weighted by atomic mass is 10.1. The molecule has 1 amide bonds. The van der Waals surface area contributed by atoms with Crippen molar-refractivity contribution in [3.8, 4) is 16.9 Å². The van der Waals surface area contributed by atoms with Crippen molar-refractivity contribution in [1.82, 2.24) is 0 Å². The fourth-order valence-electron chi connectivity index (χ4n) is 3.80. The van der Waals surface area contributed by atoms with Gasteiger partial charge in [-0.2, -0.15) is 4.31 Å². The van der Waals surface area contributed by atoms with Gasteiger partial charge in [-0.25, -0.2) is 8.42 Å². The zero-order valence-corrected chi connectivity index (χ0v) is 20.7. The van der Waals surface area contributed by atoms with Crippen LogP contribution in [0.25, 0.3) is 11.1 Å². The van der Waals surface area contributed by atoms with E-state index < -0.39 is 22.0 Å². The molecule has 0 N–H and O–H groups in total. The van der Waals surface area contributed by atoms with Crippen LogP contribution in [-0.2, 0) is 14.8 Å². The Morgan fingerprint density at radius 2 is 1.31 bits per heavy atom. The van der Waals surface area contributed by atoms with Crippen LogP contribution in [0.2, 0.25) is 0 Å². The Bertz CT molecular complexity index is 1420. The van der Waals surface area contributed by atoms with Crippen LogP contribution < -0.4 is 9.04 Å². The highest BCUT2D eigenvalue weighted by Gasteiger charge is 2.35. The van der Waals surface area contributed by atoms with Crippen molar-refractivity contribution >= 4 is 21.6 Å². The summed E-state index contributed by atoms with van der Waals surface area (Å²) >= 11 is 0. The topological polar surface area (TPSA) is 63.7 Å². The first-order valence-corrected chi connectivity index (χ1v) is 12.8. The molecule has 0 aliphatic rings. The molecule has 5 nitrogen and oxygen atoms in total. The van der Waals surface area contributed by atoms with Gasteiger partial charge in [0.25, 0.3) is 15.9 Å². The number of carbonyl (C=O) groups excluding carboxylic acids is 1. The molecule has 4 rings (SSSR count). The molecule has 0 spiro atoms. The fraction of sp³-hybridized carbons (Fsp3) is 0.138. The average Bonchev–Trinajstić information content (AvgIpc) is 2.88. The first-order chi connectivity index (χ1) is 16.8. The van der Waals surface area contributed by atoms with E-state index >= 15 is 0 Å². The van der Waals surface area contributed by atoms with Crippen LogP contribution in [0.4, 0.5) is 5.69 Å². The molecule has 0 aromatic heterocycles. The highest BCUT2D eigenvalue weighted by molar-refractivity contribution is 7.93. The van der Waals surface area contributed by atoms with Crippen LogP contribution in [0.1, 0.15) is 18.1 Å². The second-order valence-corrected chi connectivity index (χ2v) is 10.1. The van der Waals surface area contributed by atoms with Gasteiger partial charge >= 0.3 is 0 Å². The maximum absolute atomic E-state index is 13.6. The smallest absolute Gasteiger partial charge is 0.281 e. The molecule has 0 heterocycles. The third-order valence-corrected chi connectivity index (χ3v) is 7.62. The predicted octanol–water partition coefficient (Wildman–Crippen LogP) is 6.16. The molecule has 1 atom stereocenters. The van der Waals surface area contributed by atoms with Crippen LogP contribution in [0, 0.1) is 13.8 Å². The number of benzene rings is 4. The van der Waals surface area contributed by atoms with E-state index in [-0.39, 0.29) is 4.90 Å².